The van der Waals surface area contributed by atoms with Gasteiger partial charge in [-0.3, -0.25) is 9.59 Å². The Bertz CT molecular complexity index is 885. The van der Waals surface area contributed by atoms with E-state index in [0.717, 1.165) is 38.5 Å². The predicted octanol–water partition coefficient (Wildman–Crippen LogP) is 11.7. The molecule has 2 N–H and O–H groups in total. The molecule has 0 aromatic rings. The minimum Gasteiger partial charge on any atom is -0.505 e. The number of aliphatic hydroxyl groups excluding tert-OH is 2. The molecule has 0 spiro atoms. The number of hydrogen-bond donors (Lipinski definition) is 2. The molecule has 1 aliphatic heterocycles. The zero-order valence-corrected chi connectivity index (χ0v) is 32.3. The smallest absolute Gasteiger partial charge is 0.378 e. The molecular weight excluding hydrogens is 632 g/mol. The Morgan fingerprint density at radius 3 is 1.24 bits per heavy atom. The molecule has 2 unspecified atom stereocenters. The van der Waals surface area contributed by atoms with Crippen LogP contribution in [0.4, 0.5) is 0 Å². The largest absolute Gasteiger partial charge is 0.505 e. The van der Waals surface area contributed by atoms with Crippen molar-refractivity contribution in [2.45, 2.75) is 232 Å². The van der Waals surface area contributed by atoms with Crippen LogP contribution in [0, 0.1) is 0 Å². The Kier molecular flexibility index (Phi) is 30.1. The number of aliphatic hydroxyl groups is 2. The Balaban J connectivity index is 2.05. The summed E-state index contributed by atoms with van der Waals surface area (Å²) in [6, 6.07) is 0. The van der Waals surface area contributed by atoms with E-state index in [1.807, 2.05) is 0 Å². The van der Waals surface area contributed by atoms with Crippen molar-refractivity contribution in [2.75, 3.05) is 6.61 Å². The van der Waals surface area contributed by atoms with E-state index in [1.165, 1.54) is 148 Å². The quantitative estimate of drug-likeness (QED) is 0.0375. The van der Waals surface area contributed by atoms with Crippen LogP contribution in [0.3, 0.4) is 0 Å². The number of cyclic esters (lactones) is 1. The maximum Gasteiger partial charge on any atom is 0.378 e. The van der Waals surface area contributed by atoms with Crippen LogP contribution in [0.2, 0.25) is 0 Å². The number of unbranched alkanes of at least 4 members (excludes halogenated alkanes) is 28. The summed E-state index contributed by atoms with van der Waals surface area (Å²) in [5.74, 6) is -3.32. The lowest BCUT2D eigenvalue weighted by Gasteiger charge is -2.17. The SMILES string of the molecule is CCCCCCCCCCCCCCCCCC(=O)OCC(O)C1OC(=O)C(OC(=O)CCCCCCCCCCCCCCCCC)=C1O. The summed E-state index contributed by atoms with van der Waals surface area (Å²) >= 11 is 0. The van der Waals surface area contributed by atoms with E-state index < -0.39 is 48.2 Å². The molecule has 0 aromatic heterocycles. The van der Waals surface area contributed by atoms with Crippen LogP contribution >= 0.6 is 0 Å². The Morgan fingerprint density at radius 2 is 0.880 bits per heavy atom. The molecule has 0 saturated carbocycles. The van der Waals surface area contributed by atoms with Crippen LogP contribution in [-0.2, 0) is 28.6 Å². The van der Waals surface area contributed by atoms with Gasteiger partial charge in [0.2, 0.25) is 0 Å². The minimum atomic E-state index is -1.46. The van der Waals surface area contributed by atoms with Crippen LogP contribution < -0.4 is 0 Å². The lowest BCUT2D eigenvalue weighted by molar-refractivity contribution is -0.157. The number of ether oxygens (including phenoxy) is 3. The fourth-order valence-electron chi connectivity index (χ4n) is 6.60. The van der Waals surface area contributed by atoms with Gasteiger partial charge in [-0.25, -0.2) is 4.79 Å². The van der Waals surface area contributed by atoms with E-state index >= 15 is 0 Å². The summed E-state index contributed by atoms with van der Waals surface area (Å²) in [7, 11) is 0. The van der Waals surface area contributed by atoms with Gasteiger partial charge in [0.25, 0.3) is 5.76 Å². The molecule has 0 bridgehead atoms. The van der Waals surface area contributed by atoms with Gasteiger partial charge in [-0.1, -0.05) is 194 Å². The van der Waals surface area contributed by atoms with Gasteiger partial charge in [0.1, 0.15) is 12.7 Å². The highest BCUT2D eigenvalue weighted by Gasteiger charge is 2.42. The van der Waals surface area contributed by atoms with E-state index in [9.17, 15) is 24.6 Å². The molecule has 0 fully saturated rings. The van der Waals surface area contributed by atoms with Crippen LogP contribution in [-0.4, -0.2) is 46.9 Å². The molecule has 1 heterocycles. The second kappa shape index (κ2) is 32.8. The van der Waals surface area contributed by atoms with Crippen molar-refractivity contribution in [1.29, 1.82) is 0 Å². The van der Waals surface area contributed by atoms with Crippen molar-refractivity contribution < 1.29 is 38.8 Å². The van der Waals surface area contributed by atoms with Gasteiger partial charge < -0.3 is 24.4 Å². The first kappa shape index (κ1) is 45.9. The third kappa shape index (κ3) is 25.0. The van der Waals surface area contributed by atoms with E-state index in [-0.39, 0.29) is 12.8 Å². The number of carbonyl (C=O) groups is 3. The monoisotopic (exact) mass is 709 g/mol. The summed E-state index contributed by atoms with van der Waals surface area (Å²) in [6.07, 6.45) is 34.5. The topological polar surface area (TPSA) is 119 Å². The van der Waals surface area contributed by atoms with Crippen molar-refractivity contribution in [1.82, 2.24) is 0 Å². The van der Waals surface area contributed by atoms with Crippen LogP contribution in [0.1, 0.15) is 219 Å². The number of carbonyl (C=O) groups excluding carboxylic acids is 3. The van der Waals surface area contributed by atoms with E-state index in [0.29, 0.717) is 6.42 Å². The third-order valence-corrected chi connectivity index (χ3v) is 9.87. The predicted molar refractivity (Wildman–Crippen MR) is 202 cm³/mol. The standard InChI is InChI=1S/C42H76O8/c1-3-5-7-9-11-13-15-17-19-21-23-25-27-29-31-33-37(44)48-35-36(43)40-39(46)41(42(47)50-40)49-38(45)34-32-30-28-26-24-22-20-18-16-14-12-10-8-6-4-2/h36,40,43,46H,3-35H2,1-2H3. The molecule has 1 aliphatic rings. The summed E-state index contributed by atoms with van der Waals surface area (Å²) < 4.78 is 15.3. The average molecular weight is 709 g/mol. The van der Waals surface area contributed by atoms with Gasteiger partial charge in [-0.2, -0.15) is 0 Å². The van der Waals surface area contributed by atoms with Crippen LogP contribution in [0.5, 0.6) is 0 Å². The second-order valence-corrected chi connectivity index (χ2v) is 14.7. The molecule has 0 amide bonds. The summed E-state index contributed by atoms with van der Waals surface area (Å²) in [5, 5.41) is 20.8. The first-order valence-corrected chi connectivity index (χ1v) is 21.1. The summed E-state index contributed by atoms with van der Waals surface area (Å²) in [4.78, 5) is 36.7. The Hall–Kier alpha value is -2.09. The molecule has 8 heteroatoms. The molecule has 292 valence electrons. The zero-order valence-electron chi connectivity index (χ0n) is 32.3. The molecule has 2 atom stereocenters. The summed E-state index contributed by atoms with van der Waals surface area (Å²) in [6.45, 7) is 4.08. The molecule has 0 radical (unpaired) electrons. The zero-order chi connectivity index (χ0) is 36.5. The highest BCUT2D eigenvalue weighted by Crippen LogP contribution is 2.25. The normalized spacial score (nSPS) is 15.0. The van der Waals surface area contributed by atoms with E-state index in [2.05, 4.69) is 13.8 Å². The Morgan fingerprint density at radius 1 is 0.560 bits per heavy atom. The van der Waals surface area contributed by atoms with Crippen LogP contribution in [0.15, 0.2) is 11.5 Å². The lowest BCUT2D eigenvalue weighted by atomic mass is 10.0. The fourth-order valence-corrected chi connectivity index (χ4v) is 6.60. The molecular formula is C42H76O8. The first-order chi connectivity index (χ1) is 24.4. The molecule has 0 aliphatic carbocycles. The second-order valence-electron chi connectivity index (χ2n) is 14.7. The van der Waals surface area contributed by atoms with Crippen molar-refractivity contribution in [3.05, 3.63) is 11.5 Å². The van der Waals surface area contributed by atoms with Crippen molar-refractivity contribution in [3.8, 4) is 0 Å². The highest BCUT2D eigenvalue weighted by molar-refractivity contribution is 5.92. The summed E-state index contributed by atoms with van der Waals surface area (Å²) in [5.41, 5.74) is 0. The van der Waals surface area contributed by atoms with Gasteiger partial charge >= 0.3 is 17.9 Å². The molecule has 8 nitrogen and oxygen atoms in total. The highest BCUT2D eigenvalue weighted by atomic mass is 16.6. The third-order valence-electron chi connectivity index (χ3n) is 9.87. The fraction of sp³-hybridized carbons (Fsp3) is 0.881. The molecule has 50 heavy (non-hydrogen) atoms. The Labute approximate surface area is 305 Å². The van der Waals surface area contributed by atoms with Gasteiger partial charge in [0.15, 0.2) is 11.9 Å². The van der Waals surface area contributed by atoms with Gasteiger partial charge in [-0.05, 0) is 12.8 Å². The number of esters is 3. The number of rotatable bonds is 36. The van der Waals surface area contributed by atoms with Gasteiger partial charge in [-0.15, -0.1) is 0 Å². The van der Waals surface area contributed by atoms with Crippen molar-refractivity contribution in [2.24, 2.45) is 0 Å². The molecule has 0 aromatic carbocycles. The van der Waals surface area contributed by atoms with Crippen molar-refractivity contribution in [3.63, 3.8) is 0 Å². The lowest BCUT2D eigenvalue weighted by Crippen LogP contribution is -2.33. The average Bonchev–Trinajstić information content (AvgIpc) is 3.39. The number of hydrogen-bond acceptors (Lipinski definition) is 8. The van der Waals surface area contributed by atoms with Crippen LogP contribution in [0.25, 0.3) is 0 Å². The van der Waals surface area contributed by atoms with Gasteiger partial charge in [0, 0.05) is 12.8 Å². The van der Waals surface area contributed by atoms with Gasteiger partial charge in [0.05, 0.1) is 0 Å². The first-order valence-electron chi connectivity index (χ1n) is 21.1. The van der Waals surface area contributed by atoms with E-state index in [1.54, 1.807) is 0 Å². The van der Waals surface area contributed by atoms with E-state index in [4.69, 9.17) is 14.2 Å². The molecule has 0 saturated heterocycles. The maximum atomic E-state index is 12.3. The van der Waals surface area contributed by atoms with Crippen molar-refractivity contribution >= 4 is 17.9 Å². The minimum absolute atomic E-state index is 0.131. The maximum absolute atomic E-state index is 12.3. The molecule has 1 rings (SSSR count).